The first-order chi connectivity index (χ1) is 16.8. The quantitative estimate of drug-likeness (QED) is 0.331. The van der Waals surface area contributed by atoms with Crippen LogP contribution in [0, 0.1) is 6.92 Å². The minimum Gasteiger partial charge on any atom is -0.507 e. The van der Waals surface area contributed by atoms with Crippen LogP contribution in [0.5, 0.6) is 5.75 Å². The Kier molecular flexibility index (Phi) is 5.59. The van der Waals surface area contributed by atoms with Crippen molar-refractivity contribution >= 4 is 28.8 Å². The average Bonchev–Trinajstić information content (AvgIpc) is 3.34. The topological polar surface area (TPSA) is 70.1 Å². The van der Waals surface area contributed by atoms with E-state index in [1.54, 1.807) is 6.07 Å². The Morgan fingerprint density at radius 1 is 1.03 bits per heavy atom. The van der Waals surface area contributed by atoms with Crippen molar-refractivity contribution < 1.29 is 19.4 Å². The molecule has 2 unspecified atom stereocenters. The number of Topliss-reactive ketones (excluding diaryl/α,β-unsaturated/α-hetero) is 1. The highest BCUT2D eigenvalue weighted by Crippen LogP contribution is 2.44. The second-order valence-electron chi connectivity index (χ2n) is 9.39. The smallest absolute Gasteiger partial charge is 0.300 e. The zero-order valence-electron chi connectivity index (χ0n) is 20.3. The summed E-state index contributed by atoms with van der Waals surface area (Å²) in [5.74, 6) is -0.745. The fraction of sp³-hybridized carbons (Fsp3) is 0.241. The molecule has 1 fully saturated rings. The Balaban J connectivity index is 1.68. The van der Waals surface area contributed by atoms with Gasteiger partial charge in [0.05, 0.1) is 11.6 Å². The SMILES string of the molecule is Cc1ccccc1C1/C(=C(\O)c2ccc3c(c2)CC(C)O3)C(=O)C(=O)N1c1ccc(N(C)C)cc1. The second kappa shape index (κ2) is 8.62. The molecule has 2 heterocycles. The zero-order valence-corrected chi connectivity index (χ0v) is 20.3. The van der Waals surface area contributed by atoms with Crippen molar-refractivity contribution in [2.24, 2.45) is 0 Å². The summed E-state index contributed by atoms with van der Waals surface area (Å²) >= 11 is 0. The first kappa shape index (κ1) is 22.7. The van der Waals surface area contributed by atoms with Crippen LogP contribution in [-0.2, 0) is 16.0 Å². The zero-order chi connectivity index (χ0) is 24.9. The third-order valence-electron chi connectivity index (χ3n) is 6.74. The van der Waals surface area contributed by atoms with E-state index < -0.39 is 17.7 Å². The van der Waals surface area contributed by atoms with Crippen LogP contribution in [0.15, 0.2) is 72.3 Å². The first-order valence-electron chi connectivity index (χ1n) is 11.7. The summed E-state index contributed by atoms with van der Waals surface area (Å²) in [5, 5.41) is 11.4. The fourth-order valence-corrected chi connectivity index (χ4v) is 4.92. The third kappa shape index (κ3) is 3.85. The van der Waals surface area contributed by atoms with Gasteiger partial charge in [-0.05, 0) is 73.0 Å². The van der Waals surface area contributed by atoms with Crippen LogP contribution in [0.4, 0.5) is 11.4 Å². The number of aliphatic hydroxyl groups excluding tert-OH is 1. The highest BCUT2D eigenvalue weighted by Gasteiger charge is 2.47. The minimum atomic E-state index is -0.746. The Hall–Kier alpha value is -4.06. The van der Waals surface area contributed by atoms with E-state index in [1.807, 2.05) is 93.5 Å². The molecule has 2 aliphatic heterocycles. The van der Waals surface area contributed by atoms with Crippen molar-refractivity contribution in [1.82, 2.24) is 0 Å². The van der Waals surface area contributed by atoms with Gasteiger partial charge in [-0.3, -0.25) is 14.5 Å². The summed E-state index contributed by atoms with van der Waals surface area (Å²) < 4.78 is 5.78. The number of carbonyl (C=O) groups excluding carboxylic acids is 2. The molecule has 2 aliphatic rings. The number of ketones is 1. The van der Waals surface area contributed by atoms with E-state index in [9.17, 15) is 14.7 Å². The van der Waals surface area contributed by atoms with E-state index in [0.29, 0.717) is 11.3 Å². The number of carbonyl (C=O) groups is 2. The lowest BCUT2D eigenvalue weighted by molar-refractivity contribution is -0.132. The molecule has 6 nitrogen and oxygen atoms in total. The monoisotopic (exact) mass is 468 g/mol. The van der Waals surface area contributed by atoms with Crippen LogP contribution < -0.4 is 14.5 Å². The van der Waals surface area contributed by atoms with E-state index in [4.69, 9.17) is 4.74 Å². The van der Waals surface area contributed by atoms with Crippen molar-refractivity contribution in [2.45, 2.75) is 32.4 Å². The van der Waals surface area contributed by atoms with Crippen LogP contribution in [0.25, 0.3) is 5.76 Å². The van der Waals surface area contributed by atoms with Gasteiger partial charge in [-0.1, -0.05) is 24.3 Å². The molecule has 1 amide bonds. The molecule has 1 N–H and O–H groups in total. The van der Waals surface area contributed by atoms with E-state index in [-0.39, 0.29) is 17.4 Å². The summed E-state index contributed by atoms with van der Waals surface area (Å²) in [5.41, 5.74) is 4.87. The number of aliphatic hydroxyl groups is 1. The minimum absolute atomic E-state index is 0.0603. The Morgan fingerprint density at radius 3 is 2.43 bits per heavy atom. The molecule has 0 saturated carbocycles. The number of hydrogen-bond donors (Lipinski definition) is 1. The van der Waals surface area contributed by atoms with Gasteiger partial charge in [-0.15, -0.1) is 0 Å². The molecule has 1 saturated heterocycles. The Bertz CT molecular complexity index is 1360. The molecule has 0 radical (unpaired) electrons. The van der Waals surface area contributed by atoms with Gasteiger partial charge in [-0.25, -0.2) is 0 Å². The van der Waals surface area contributed by atoms with Crippen molar-refractivity contribution in [1.29, 1.82) is 0 Å². The van der Waals surface area contributed by atoms with Crippen LogP contribution in [0.2, 0.25) is 0 Å². The number of rotatable bonds is 4. The summed E-state index contributed by atoms with van der Waals surface area (Å²) in [4.78, 5) is 30.3. The van der Waals surface area contributed by atoms with Gasteiger partial charge in [-0.2, -0.15) is 0 Å². The lowest BCUT2D eigenvalue weighted by atomic mass is 9.92. The molecule has 178 valence electrons. The maximum Gasteiger partial charge on any atom is 0.300 e. The Labute approximate surface area is 205 Å². The maximum atomic E-state index is 13.4. The summed E-state index contributed by atoms with van der Waals surface area (Å²) in [6, 6.07) is 19.8. The maximum absolute atomic E-state index is 13.4. The molecule has 0 aliphatic carbocycles. The molecule has 35 heavy (non-hydrogen) atoms. The van der Waals surface area contributed by atoms with Crippen molar-refractivity contribution in [2.75, 3.05) is 23.9 Å². The number of fused-ring (bicyclic) bond motifs is 1. The van der Waals surface area contributed by atoms with E-state index in [0.717, 1.165) is 34.5 Å². The summed E-state index contributed by atoms with van der Waals surface area (Å²) in [6.07, 6.45) is 0.787. The second-order valence-corrected chi connectivity index (χ2v) is 9.39. The van der Waals surface area contributed by atoms with Crippen LogP contribution in [0.1, 0.15) is 35.2 Å². The van der Waals surface area contributed by atoms with Crippen molar-refractivity contribution in [3.05, 3.63) is 94.6 Å². The lowest BCUT2D eigenvalue weighted by Crippen LogP contribution is -2.29. The number of nitrogens with zero attached hydrogens (tertiary/aromatic N) is 2. The van der Waals surface area contributed by atoms with Gasteiger partial charge < -0.3 is 14.7 Å². The molecule has 3 aromatic carbocycles. The van der Waals surface area contributed by atoms with E-state index in [1.165, 1.54) is 4.90 Å². The summed E-state index contributed by atoms with van der Waals surface area (Å²) in [7, 11) is 3.88. The predicted molar refractivity (Wildman–Crippen MR) is 137 cm³/mol. The Morgan fingerprint density at radius 2 is 1.74 bits per heavy atom. The molecular weight excluding hydrogens is 440 g/mol. The van der Waals surface area contributed by atoms with Gasteiger partial charge >= 0.3 is 0 Å². The van der Waals surface area contributed by atoms with E-state index >= 15 is 0 Å². The molecule has 2 atom stereocenters. The van der Waals surface area contributed by atoms with Gasteiger partial charge in [0.2, 0.25) is 0 Å². The molecule has 0 spiro atoms. The van der Waals surface area contributed by atoms with Crippen molar-refractivity contribution in [3.8, 4) is 5.75 Å². The van der Waals surface area contributed by atoms with Gasteiger partial charge in [0.15, 0.2) is 0 Å². The molecule has 6 heteroatoms. The summed E-state index contributed by atoms with van der Waals surface area (Å²) in [6.45, 7) is 3.93. The largest absolute Gasteiger partial charge is 0.507 e. The third-order valence-corrected chi connectivity index (χ3v) is 6.74. The van der Waals surface area contributed by atoms with Gasteiger partial charge in [0, 0.05) is 37.5 Å². The number of aryl methyl sites for hydroxylation is 1. The highest BCUT2D eigenvalue weighted by molar-refractivity contribution is 6.51. The normalized spacial score (nSPS) is 20.6. The van der Waals surface area contributed by atoms with E-state index in [2.05, 4.69) is 0 Å². The molecular formula is C29H28N2O4. The van der Waals surface area contributed by atoms with Crippen LogP contribution >= 0.6 is 0 Å². The molecule has 3 aromatic rings. The first-order valence-corrected chi connectivity index (χ1v) is 11.7. The number of hydrogen-bond acceptors (Lipinski definition) is 5. The average molecular weight is 469 g/mol. The molecule has 0 bridgehead atoms. The number of benzene rings is 3. The number of amides is 1. The van der Waals surface area contributed by atoms with Crippen molar-refractivity contribution in [3.63, 3.8) is 0 Å². The lowest BCUT2D eigenvalue weighted by Gasteiger charge is -2.27. The molecule has 0 aromatic heterocycles. The van der Waals surface area contributed by atoms with Crippen LogP contribution in [-0.4, -0.2) is 37.0 Å². The van der Waals surface area contributed by atoms with Crippen LogP contribution in [0.3, 0.4) is 0 Å². The number of anilines is 2. The standard InChI is InChI=1S/C29H28N2O4/c1-17-7-5-6-8-23(17)26-25(27(32)19-9-14-24-20(16-19)15-18(2)35-24)28(33)29(34)31(26)22-12-10-21(11-13-22)30(3)4/h5-14,16,18,26,32H,15H2,1-4H3/b27-25+. The van der Waals surface area contributed by atoms with Gasteiger partial charge in [0.1, 0.15) is 17.6 Å². The predicted octanol–water partition coefficient (Wildman–Crippen LogP) is 5.01. The fourth-order valence-electron chi connectivity index (χ4n) is 4.92. The highest BCUT2D eigenvalue weighted by atomic mass is 16.5. The van der Waals surface area contributed by atoms with Gasteiger partial charge in [0.25, 0.3) is 11.7 Å². The number of ether oxygens (including phenoxy) is 1. The molecule has 5 rings (SSSR count).